The molecule has 0 aliphatic carbocycles. The van der Waals surface area contributed by atoms with Crippen LogP contribution in [0.15, 0.2) is 109 Å². The first kappa shape index (κ1) is 26.0. The molecule has 0 radical (unpaired) electrons. The van der Waals surface area contributed by atoms with E-state index in [-0.39, 0.29) is 28.5 Å². The summed E-state index contributed by atoms with van der Waals surface area (Å²) in [5.74, 6) is -0.190. The molecule has 8 heteroatoms. The number of esters is 2. The van der Waals surface area contributed by atoms with Gasteiger partial charge in [0, 0.05) is 11.3 Å². The zero-order valence-electron chi connectivity index (χ0n) is 21.3. The van der Waals surface area contributed by atoms with Gasteiger partial charge in [0.25, 0.3) is 5.91 Å². The van der Waals surface area contributed by atoms with E-state index >= 15 is 0 Å². The molecule has 0 bridgehead atoms. The molecule has 40 heavy (non-hydrogen) atoms. The highest BCUT2D eigenvalue weighted by Gasteiger charge is 2.15. The number of benzene rings is 5. The summed E-state index contributed by atoms with van der Waals surface area (Å²) in [7, 11) is 1.54. The van der Waals surface area contributed by atoms with Gasteiger partial charge in [-0.15, -0.1) is 0 Å². The summed E-state index contributed by atoms with van der Waals surface area (Å²) in [4.78, 5) is 38.0. The number of phenols is 1. The maximum absolute atomic E-state index is 12.7. The number of carbonyl (C=O) groups is 3. The molecule has 0 unspecified atom stereocenters. The minimum absolute atomic E-state index is 0.158. The summed E-state index contributed by atoms with van der Waals surface area (Å²) in [5, 5.41) is 14.1. The van der Waals surface area contributed by atoms with Crippen molar-refractivity contribution in [3.05, 3.63) is 126 Å². The van der Waals surface area contributed by atoms with Crippen molar-refractivity contribution in [2.45, 2.75) is 0 Å². The lowest BCUT2D eigenvalue weighted by Crippen LogP contribution is -2.13. The van der Waals surface area contributed by atoms with E-state index in [0.29, 0.717) is 22.7 Å². The first-order valence-electron chi connectivity index (χ1n) is 12.2. The number of phenolic OH excluding ortho intramolecular Hbond substituents is 1. The Balaban J connectivity index is 1.20. The molecular weight excluding hydrogens is 510 g/mol. The summed E-state index contributed by atoms with van der Waals surface area (Å²) < 4.78 is 15.9. The van der Waals surface area contributed by atoms with Crippen LogP contribution in [0.2, 0.25) is 0 Å². The fraction of sp³-hybridized carbons (Fsp3) is 0.0312. The lowest BCUT2D eigenvalue weighted by atomic mass is 10.1. The third kappa shape index (κ3) is 6.08. The molecule has 0 fully saturated rings. The molecule has 0 aliphatic rings. The number of nitrogens with one attached hydrogen (secondary N) is 1. The van der Waals surface area contributed by atoms with E-state index in [1.54, 1.807) is 104 Å². The van der Waals surface area contributed by atoms with E-state index in [4.69, 9.17) is 14.2 Å². The third-order valence-corrected chi connectivity index (χ3v) is 6.01. The topological polar surface area (TPSA) is 111 Å². The van der Waals surface area contributed by atoms with Gasteiger partial charge in [0.1, 0.15) is 23.0 Å². The highest BCUT2D eigenvalue weighted by molar-refractivity contribution is 6.06. The van der Waals surface area contributed by atoms with E-state index in [0.717, 1.165) is 10.8 Å². The fourth-order valence-electron chi connectivity index (χ4n) is 3.93. The quantitative estimate of drug-likeness (QED) is 0.188. The number of aromatic hydroxyl groups is 1. The predicted octanol–water partition coefficient (Wildman–Crippen LogP) is 6.24. The Morgan fingerprint density at radius 3 is 1.77 bits per heavy atom. The molecule has 0 aromatic heterocycles. The molecule has 2 N–H and O–H groups in total. The number of rotatable bonds is 7. The molecule has 5 aromatic carbocycles. The average Bonchev–Trinajstić information content (AvgIpc) is 2.98. The van der Waals surface area contributed by atoms with E-state index < -0.39 is 11.9 Å². The predicted molar refractivity (Wildman–Crippen MR) is 149 cm³/mol. The molecule has 0 saturated heterocycles. The Labute approximate surface area is 229 Å². The van der Waals surface area contributed by atoms with Gasteiger partial charge in [-0.05, 0) is 102 Å². The number of carbonyl (C=O) groups excluding carboxylic acids is 3. The van der Waals surface area contributed by atoms with Gasteiger partial charge in [-0.1, -0.05) is 18.2 Å². The van der Waals surface area contributed by atoms with E-state index in [1.165, 1.54) is 12.1 Å². The summed E-state index contributed by atoms with van der Waals surface area (Å²) in [6, 6.07) is 29.0. The van der Waals surface area contributed by atoms with Crippen LogP contribution in [0.3, 0.4) is 0 Å². The molecule has 0 saturated carbocycles. The highest BCUT2D eigenvalue weighted by Crippen LogP contribution is 2.23. The SMILES string of the molecule is COc1ccc(OC(=O)c2cccc(C(=O)Oc3ccc(NC(=O)c4ccc5cc(O)ccc5c4)cc3)c2)cc1. The van der Waals surface area contributed by atoms with Crippen molar-refractivity contribution >= 4 is 34.3 Å². The number of fused-ring (bicyclic) bond motifs is 1. The second-order valence-electron chi connectivity index (χ2n) is 8.76. The number of methoxy groups -OCH3 is 1. The van der Waals surface area contributed by atoms with Crippen LogP contribution in [-0.2, 0) is 0 Å². The molecular formula is C32H23NO7. The Bertz CT molecular complexity index is 1710. The van der Waals surface area contributed by atoms with Crippen molar-refractivity contribution in [2.24, 2.45) is 0 Å². The van der Waals surface area contributed by atoms with E-state index in [2.05, 4.69) is 5.32 Å². The largest absolute Gasteiger partial charge is 0.508 e. The fourth-order valence-corrected chi connectivity index (χ4v) is 3.93. The molecule has 5 rings (SSSR count). The lowest BCUT2D eigenvalue weighted by molar-refractivity contribution is 0.0734. The number of hydrogen-bond donors (Lipinski definition) is 2. The maximum atomic E-state index is 12.7. The van der Waals surface area contributed by atoms with Crippen LogP contribution in [0.4, 0.5) is 5.69 Å². The minimum atomic E-state index is -0.655. The van der Waals surface area contributed by atoms with Crippen molar-refractivity contribution in [1.82, 2.24) is 0 Å². The van der Waals surface area contributed by atoms with Crippen LogP contribution in [0.5, 0.6) is 23.0 Å². The van der Waals surface area contributed by atoms with Crippen LogP contribution in [0.25, 0.3) is 10.8 Å². The van der Waals surface area contributed by atoms with Crippen LogP contribution in [0.1, 0.15) is 31.1 Å². The van der Waals surface area contributed by atoms with E-state index in [9.17, 15) is 19.5 Å². The van der Waals surface area contributed by atoms with Gasteiger partial charge in [0.05, 0.1) is 18.2 Å². The highest BCUT2D eigenvalue weighted by atomic mass is 16.5. The first-order valence-corrected chi connectivity index (χ1v) is 12.2. The van der Waals surface area contributed by atoms with Gasteiger partial charge in [-0.2, -0.15) is 0 Å². The second-order valence-corrected chi connectivity index (χ2v) is 8.76. The van der Waals surface area contributed by atoms with Gasteiger partial charge in [-0.3, -0.25) is 4.79 Å². The molecule has 0 spiro atoms. The summed E-state index contributed by atoms with van der Waals surface area (Å²) in [5.41, 5.74) is 1.33. The van der Waals surface area contributed by atoms with Crippen molar-refractivity contribution in [3.63, 3.8) is 0 Å². The molecule has 0 aliphatic heterocycles. The Morgan fingerprint density at radius 2 is 1.15 bits per heavy atom. The van der Waals surface area contributed by atoms with Crippen LogP contribution in [0, 0.1) is 0 Å². The van der Waals surface area contributed by atoms with Crippen LogP contribution < -0.4 is 19.5 Å². The zero-order chi connectivity index (χ0) is 28.1. The summed E-state index contributed by atoms with van der Waals surface area (Å²) >= 11 is 0. The average molecular weight is 534 g/mol. The molecule has 1 amide bonds. The molecule has 5 aromatic rings. The first-order chi connectivity index (χ1) is 19.4. The lowest BCUT2D eigenvalue weighted by Gasteiger charge is -2.09. The molecule has 0 atom stereocenters. The van der Waals surface area contributed by atoms with Crippen molar-refractivity contribution in [1.29, 1.82) is 0 Å². The zero-order valence-corrected chi connectivity index (χ0v) is 21.3. The molecule has 0 heterocycles. The Hall–Kier alpha value is -5.63. The van der Waals surface area contributed by atoms with Crippen molar-refractivity contribution < 1.29 is 33.7 Å². The van der Waals surface area contributed by atoms with E-state index in [1.807, 2.05) is 0 Å². The standard InChI is InChI=1S/C32H23NO7/c1-38-27-13-15-29(16-14-27)40-32(37)24-4-2-3-23(18-24)31(36)39-28-11-8-25(9-12-28)33-30(35)22-6-5-21-19-26(34)10-7-20(21)17-22/h2-19,34H,1H3,(H,33,35). The monoisotopic (exact) mass is 533 g/mol. The Kier molecular flexibility index (Phi) is 7.41. The summed E-state index contributed by atoms with van der Waals surface area (Å²) in [6.45, 7) is 0. The number of amides is 1. The number of ether oxygens (including phenoxy) is 3. The summed E-state index contributed by atoms with van der Waals surface area (Å²) in [6.07, 6.45) is 0. The van der Waals surface area contributed by atoms with Crippen molar-refractivity contribution in [3.8, 4) is 23.0 Å². The van der Waals surface area contributed by atoms with Crippen molar-refractivity contribution in [2.75, 3.05) is 12.4 Å². The van der Waals surface area contributed by atoms with Gasteiger partial charge >= 0.3 is 11.9 Å². The van der Waals surface area contributed by atoms with Gasteiger partial charge < -0.3 is 24.6 Å². The normalized spacial score (nSPS) is 10.5. The number of anilines is 1. The van der Waals surface area contributed by atoms with Crippen LogP contribution in [-0.4, -0.2) is 30.1 Å². The van der Waals surface area contributed by atoms with Gasteiger partial charge in [0.2, 0.25) is 0 Å². The maximum Gasteiger partial charge on any atom is 0.343 e. The smallest absolute Gasteiger partial charge is 0.343 e. The third-order valence-electron chi connectivity index (χ3n) is 6.01. The van der Waals surface area contributed by atoms with Gasteiger partial charge in [-0.25, -0.2) is 9.59 Å². The second kappa shape index (κ2) is 11.4. The van der Waals surface area contributed by atoms with Crippen LogP contribution >= 0.6 is 0 Å². The Morgan fingerprint density at radius 1 is 0.600 bits per heavy atom. The molecule has 198 valence electrons. The molecule has 8 nitrogen and oxygen atoms in total. The minimum Gasteiger partial charge on any atom is -0.508 e. The van der Waals surface area contributed by atoms with Gasteiger partial charge in [0.15, 0.2) is 0 Å². The number of hydrogen-bond acceptors (Lipinski definition) is 7.